The molecule has 0 amide bonds. The van der Waals surface area contributed by atoms with Crippen molar-refractivity contribution >= 4 is 22.7 Å². The smallest absolute Gasteiger partial charge is 0.872 e. The van der Waals surface area contributed by atoms with Crippen LogP contribution in [0.5, 0.6) is 23.0 Å². The maximum Gasteiger partial charge on any atom is 4.00 e. The van der Waals surface area contributed by atoms with E-state index in [4.69, 9.17) is 0 Å². The number of nitrogens with zero attached hydrogens (tertiary/aromatic N) is 4. The molecule has 0 saturated carbocycles. The molecule has 0 fully saturated rings. The molecule has 0 aliphatic heterocycles. The summed E-state index contributed by atoms with van der Waals surface area (Å²) in [6.07, 6.45) is 0. The van der Waals surface area contributed by atoms with Crippen molar-refractivity contribution in [3.63, 3.8) is 0 Å². The van der Waals surface area contributed by atoms with Crippen LogP contribution in [-0.2, 0) is 21.7 Å². The second kappa shape index (κ2) is 17.8. The van der Waals surface area contributed by atoms with Crippen LogP contribution in [0.3, 0.4) is 0 Å². The van der Waals surface area contributed by atoms with Crippen molar-refractivity contribution < 1.29 is 61.8 Å². The van der Waals surface area contributed by atoms with E-state index in [2.05, 4.69) is 0 Å². The number of hydrogen-bond donors (Lipinski definition) is 0. The summed E-state index contributed by atoms with van der Waals surface area (Å²) in [5.41, 5.74) is -0.224. The van der Waals surface area contributed by atoms with Crippen LogP contribution in [0.4, 0.5) is 22.7 Å². The molecule has 0 atom stereocenters. The zero-order valence-corrected chi connectivity index (χ0v) is 22.0. The average molecular weight is 600 g/mol. The van der Waals surface area contributed by atoms with Crippen LogP contribution < -0.4 is 20.4 Å². The molecule has 208 valence electrons. The van der Waals surface area contributed by atoms with Crippen LogP contribution in [0, 0.1) is 40.5 Å². The van der Waals surface area contributed by atoms with Crippen LogP contribution in [0.2, 0.25) is 0 Å². The van der Waals surface area contributed by atoms with Gasteiger partial charge in [0.15, 0.2) is 0 Å². The van der Waals surface area contributed by atoms with Gasteiger partial charge >= 0.3 is 21.7 Å². The van der Waals surface area contributed by atoms with E-state index in [1.807, 2.05) is 0 Å². The molecule has 0 unspecified atom stereocenters. The fourth-order valence-electron chi connectivity index (χ4n) is 2.27. The summed E-state index contributed by atoms with van der Waals surface area (Å²) in [4.78, 5) is 37.9. The van der Waals surface area contributed by atoms with Crippen LogP contribution in [-0.4, -0.2) is 19.7 Å². The summed E-state index contributed by atoms with van der Waals surface area (Å²) in [5.74, 6) is -0.868. The van der Waals surface area contributed by atoms with Crippen molar-refractivity contribution in [3.05, 3.63) is 138 Å². The Morgan fingerprint density at radius 2 is 0.439 bits per heavy atom. The summed E-state index contributed by atoms with van der Waals surface area (Å²) in [7, 11) is 0. The predicted molar refractivity (Wildman–Crippen MR) is 130 cm³/mol. The van der Waals surface area contributed by atoms with Crippen LogP contribution in [0.15, 0.2) is 97.1 Å². The molecule has 4 aromatic carbocycles. The molecule has 0 aromatic heterocycles. The van der Waals surface area contributed by atoms with Gasteiger partial charge < -0.3 is 20.4 Å². The van der Waals surface area contributed by atoms with Crippen molar-refractivity contribution in [1.29, 1.82) is 0 Å². The molecule has 17 heteroatoms. The second-order valence-electron chi connectivity index (χ2n) is 7.00. The molecule has 41 heavy (non-hydrogen) atoms. The quantitative estimate of drug-likeness (QED) is 0.186. The molecule has 0 spiro atoms. The van der Waals surface area contributed by atoms with Crippen molar-refractivity contribution in [1.82, 2.24) is 0 Å². The van der Waals surface area contributed by atoms with Crippen molar-refractivity contribution in [2.45, 2.75) is 0 Å². The molecule has 16 nitrogen and oxygen atoms in total. The van der Waals surface area contributed by atoms with Crippen LogP contribution in [0.25, 0.3) is 0 Å². The monoisotopic (exact) mass is 600 g/mol. The first-order valence-electron chi connectivity index (χ1n) is 10.5. The SMILES string of the molecule is O=[N+]([O-])c1ccc([O-])cc1.O=[N+]([O-])c1ccc([O-])cc1.O=[N+]([O-])c1ccc([O-])cc1.O=[N+]([O-])c1ccc([O-])cc1.[Ti+4]. The third kappa shape index (κ3) is 14.2. The average Bonchev–Trinajstić information content (AvgIpc) is 2.91. The minimum atomic E-state index is -0.542. The van der Waals surface area contributed by atoms with Gasteiger partial charge in [0.1, 0.15) is 0 Å². The Balaban J connectivity index is 0.000000516. The number of benzene rings is 4. The fourth-order valence-corrected chi connectivity index (χ4v) is 2.27. The summed E-state index contributed by atoms with van der Waals surface area (Å²) in [5, 5.41) is 81.7. The van der Waals surface area contributed by atoms with E-state index in [1.54, 1.807) is 0 Å². The molecule has 0 aliphatic carbocycles. The summed E-state index contributed by atoms with van der Waals surface area (Å²) in [6.45, 7) is 0. The molecule has 0 radical (unpaired) electrons. The molecule has 0 N–H and O–H groups in total. The van der Waals surface area contributed by atoms with Crippen LogP contribution >= 0.6 is 0 Å². The molecule has 0 saturated heterocycles. The van der Waals surface area contributed by atoms with Gasteiger partial charge in [-0.2, -0.15) is 0 Å². The summed E-state index contributed by atoms with van der Waals surface area (Å²) in [6, 6.07) is 18.8. The Morgan fingerprint density at radius 3 is 0.537 bits per heavy atom. The van der Waals surface area contributed by atoms with Gasteiger partial charge in [-0.1, -0.05) is 48.5 Å². The summed E-state index contributed by atoms with van der Waals surface area (Å²) < 4.78 is 0. The third-order valence-electron chi connectivity index (χ3n) is 4.19. The number of non-ortho nitro benzene ring substituents is 4. The molecular formula is C24H16N4O12Ti. The van der Waals surface area contributed by atoms with E-state index >= 15 is 0 Å². The van der Waals surface area contributed by atoms with Crippen LogP contribution in [0.1, 0.15) is 0 Å². The van der Waals surface area contributed by atoms with E-state index in [0.29, 0.717) is 0 Å². The third-order valence-corrected chi connectivity index (χ3v) is 4.19. The minimum absolute atomic E-state index is 0. The first-order valence-corrected chi connectivity index (χ1v) is 10.5. The molecule has 4 aromatic rings. The molecule has 0 aliphatic rings. The normalized spacial score (nSPS) is 8.98. The fraction of sp³-hybridized carbons (Fsp3) is 0. The molecule has 0 bridgehead atoms. The standard InChI is InChI=1S/4C6H5NO3.Ti/c4*8-6-3-1-5(2-4-6)7(9)10;/h4*1-4,8H;/q;;;;+4/p-4. The largest absolute Gasteiger partial charge is 4.00 e. The van der Waals surface area contributed by atoms with Gasteiger partial charge in [-0.15, -0.1) is 23.0 Å². The van der Waals surface area contributed by atoms with Gasteiger partial charge in [-0.3, -0.25) is 40.5 Å². The number of rotatable bonds is 4. The van der Waals surface area contributed by atoms with E-state index in [1.165, 1.54) is 48.5 Å². The van der Waals surface area contributed by atoms with Gasteiger partial charge in [0.2, 0.25) is 0 Å². The molecule has 4 rings (SSSR count). The zero-order chi connectivity index (χ0) is 30.2. The molecule has 0 heterocycles. The Bertz CT molecular complexity index is 1200. The van der Waals surface area contributed by atoms with Gasteiger partial charge in [0.25, 0.3) is 22.7 Å². The number of hydrogen-bond acceptors (Lipinski definition) is 12. The Hall–Kier alpha value is -5.61. The summed E-state index contributed by atoms with van der Waals surface area (Å²) >= 11 is 0. The topological polar surface area (TPSA) is 265 Å². The van der Waals surface area contributed by atoms with Crippen molar-refractivity contribution in [3.8, 4) is 23.0 Å². The van der Waals surface area contributed by atoms with Gasteiger partial charge in [0.05, 0.1) is 19.7 Å². The van der Waals surface area contributed by atoms with Crippen molar-refractivity contribution in [2.75, 3.05) is 0 Å². The van der Waals surface area contributed by atoms with Crippen molar-refractivity contribution in [2.24, 2.45) is 0 Å². The Morgan fingerprint density at radius 1 is 0.317 bits per heavy atom. The Kier molecular flexibility index (Phi) is 15.4. The predicted octanol–water partition coefficient (Wildman–Crippen LogP) is 2.67. The van der Waals surface area contributed by atoms with Gasteiger partial charge in [-0.25, -0.2) is 0 Å². The first-order chi connectivity index (χ1) is 18.8. The van der Waals surface area contributed by atoms with E-state index in [0.717, 1.165) is 48.5 Å². The van der Waals surface area contributed by atoms with Gasteiger partial charge in [-0.05, 0) is 0 Å². The van der Waals surface area contributed by atoms with E-state index in [9.17, 15) is 60.9 Å². The maximum atomic E-state index is 10.4. The maximum absolute atomic E-state index is 10.4. The Labute approximate surface area is 244 Å². The first kappa shape index (κ1) is 35.4. The number of nitro benzene ring substituents is 4. The van der Waals surface area contributed by atoms with Gasteiger partial charge in [0, 0.05) is 48.5 Å². The number of nitro groups is 4. The van der Waals surface area contributed by atoms with E-state index in [-0.39, 0.29) is 67.5 Å². The molecular weight excluding hydrogens is 584 g/mol. The second-order valence-corrected chi connectivity index (χ2v) is 7.00. The zero-order valence-electron chi connectivity index (χ0n) is 20.4. The van der Waals surface area contributed by atoms with E-state index < -0.39 is 19.7 Å². The minimum Gasteiger partial charge on any atom is -0.872 e.